The number of hydrogen-bond donors (Lipinski definition) is 2. The summed E-state index contributed by atoms with van der Waals surface area (Å²) in [4.78, 5) is 0. The molecule has 2 heterocycles. The second-order valence-corrected chi connectivity index (χ2v) is 8.88. The lowest BCUT2D eigenvalue weighted by Gasteiger charge is -2.32. The third-order valence-corrected chi connectivity index (χ3v) is 7.12. The second-order valence-electron chi connectivity index (χ2n) is 8.00. The molecular formula is C22H23N3S. The van der Waals surface area contributed by atoms with Gasteiger partial charge in [-0.15, -0.1) is 11.3 Å². The fourth-order valence-corrected chi connectivity index (χ4v) is 5.36. The molecule has 0 saturated heterocycles. The number of dihydropyridines is 1. The van der Waals surface area contributed by atoms with E-state index in [9.17, 15) is 5.26 Å². The van der Waals surface area contributed by atoms with Gasteiger partial charge in [-0.2, -0.15) is 5.26 Å². The maximum Gasteiger partial charge on any atom is 0.101 e. The van der Waals surface area contributed by atoms with E-state index in [1.165, 1.54) is 54.3 Å². The van der Waals surface area contributed by atoms with E-state index in [0.717, 1.165) is 22.0 Å². The lowest BCUT2D eigenvalue weighted by Crippen LogP contribution is -2.31. The van der Waals surface area contributed by atoms with E-state index >= 15 is 0 Å². The van der Waals surface area contributed by atoms with Crippen molar-refractivity contribution in [3.05, 3.63) is 57.4 Å². The van der Waals surface area contributed by atoms with Crippen LogP contribution in [0.1, 0.15) is 56.1 Å². The SMILES string of the molecule is CC1=C(N)NC(C2CC2)=C(CC2CC2)C1c1csc2c(C#N)cccc12. The third-order valence-electron chi connectivity index (χ3n) is 6.07. The van der Waals surface area contributed by atoms with Crippen LogP contribution in [0.2, 0.25) is 0 Å². The first-order valence-electron chi connectivity index (χ1n) is 9.53. The van der Waals surface area contributed by atoms with Gasteiger partial charge in [0.1, 0.15) is 11.9 Å². The minimum atomic E-state index is 0.259. The van der Waals surface area contributed by atoms with E-state index in [0.29, 0.717) is 5.92 Å². The zero-order chi connectivity index (χ0) is 17.8. The Balaban J connectivity index is 1.69. The number of thiophene rings is 1. The molecule has 0 amide bonds. The Morgan fingerprint density at radius 1 is 1.27 bits per heavy atom. The Bertz CT molecular complexity index is 996. The molecule has 2 fully saturated rings. The molecule has 0 radical (unpaired) electrons. The van der Waals surface area contributed by atoms with Crippen molar-refractivity contribution in [3.8, 4) is 6.07 Å². The number of hydrogen-bond acceptors (Lipinski definition) is 4. The van der Waals surface area contributed by atoms with E-state index in [2.05, 4.69) is 29.8 Å². The zero-order valence-corrected chi connectivity index (χ0v) is 15.8. The highest BCUT2D eigenvalue weighted by Gasteiger charge is 2.38. The Hall–Kier alpha value is -2.25. The first-order valence-corrected chi connectivity index (χ1v) is 10.4. The minimum absolute atomic E-state index is 0.259. The van der Waals surface area contributed by atoms with Crippen molar-refractivity contribution in [2.45, 2.75) is 44.9 Å². The van der Waals surface area contributed by atoms with E-state index in [1.54, 1.807) is 16.9 Å². The van der Waals surface area contributed by atoms with Crippen LogP contribution < -0.4 is 11.1 Å². The van der Waals surface area contributed by atoms with Crippen LogP contribution in [0.25, 0.3) is 10.1 Å². The number of nitrogens with one attached hydrogen (secondary N) is 1. The van der Waals surface area contributed by atoms with Gasteiger partial charge in [0.15, 0.2) is 0 Å². The molecule has 1 atom stereocenters. The number of nitrogens with zero attached hydrogens (tertiary/aromatic N) is 1. The Labute approximate surface area is 158 Å². The van der Waals surface area contributed by atoms with Crippen LogP contribution in [0.4, 0.5) is 0 Å². The minimum Gasteiger partial charge on any atom is -0.385 e. The molecule has 5 rings (SSSR count). The maximum absolute atomic E-state index is 9.46. The molecule has 3 N–H and O–H groups in total. The van der Waals surface area contributed by atoms with E-state index < -0.39 is 0 Å². The summed E-state index contributed by atoms with van der Waals surface area (Å²) in [7, 11) is 0. The fraction of sp³-hybridized carbons (Fsp3) is 0.409. The number of nitrogens with two attached hydrogens (primary N) is 1. The van der Waals surface area contributed by atoms with Gasteiger partial charge in [-0.1, -0.05) is 12.1 Å². The molecule has 3 nitrogen and oxygen atoms in total. The molecular weight excluding hydrogens is 338 g/mol. The van der Waals surface area contributed by atoms with Crippen molar-refractivity contribution < 1.29 is 0 Å². The zero-order valence-electron chi connectivity index (χ0n) is 15.0. The van der Waals surface area contributed by atoms with Crippen molar-refractivity contribution in [3.63, 3.8) is 0 Å². The number of benzene rings is 1. The first kappa shape index (κ1) is 16.0. The highest BCUT2D eigenvalue weighted by atomic mass is 32.1. The Morgan fingerprint density at radius 2 is 2.08 bits per heavy atom. The van der Waals surface area contributed by atoms with Crippen LogP contribution >= 0.6 is 11.3 Å². The summed E-state index contributed by atoms with van der Waals surface area (Å²) in [6.45, 7) is 2.17. The summed E-state index contributed by atoms with van der Waals surface area (Å²) in [5.41, 5.74) is 12.7. The molecule has 2 aromatic rings. The van der Waals surface area contributed by atoms with Gasteiger partial charge in [0.25, 0.3) is 0 Å². The maximum atomic E-state index is 9.46. The average molecular weight is 362 g/mol. The summed E-state index contributed by atoms with van der Waals surface area (Å²) in [5, 5.41) is 16.5. The Kier molecular flexibility index (Phi) is 3.62. The largest absolute Gasteiger partial charge is 0.385 e. The highest BCUT2D eigenvalue weighted by molar-refractivity contribution is 7.17. The standard InChI is InChI=1S/C22H23N3S/c1-12-19(18-11-26-21-15(10-23)3-2-4-16(18)21)17(9-13-5-6-13)20(14-7-8-14)25-22(12)24/h2-4,11,13-14,19,25H,5-9,24H2,1H3. The molecule has 4 heteroatoms. The van der Waals surface area contributed by atoms with Gasteiger partial charge < -0.3 is 11.1 Å². The van der Waals surface area contributed by atoms with Gasteiger partial charge in [0, 0.05) is 11.6 Å². The smallest absolute Gasteiger partial charge is 0.101 e. The molecule has 1 aromatic heterocycles. The van der Waals surface area contributed by atoms with Crippen molar-refractivity contribution in [1.82, 2.24) is 5.32 Å². The predicted molar refractivity (Wildman–Crippen MR) is 106 cm³/mol. The van der Waals surface area contributed by atoms with Gasteiger partial charge in [-0.25, -0.2) is 0 Å². The molecule has 1 aliphatic heterocycles. The molecule has 3 aliphatic rings. The molecule has 0 spiro atoms. The van der Waals surface area contributed by atoms with Crippen molar-refractivity contribution in [2.24, 2.45) is 17.6 Å². The fourth-order valence-electron chi connectivity index (χ4n) is 4.30. The molecule has 0 bridgehead atoms. The van der Waals surface area contributed by atoms with Gasteiger partial charge in [-0.3, -0.25) is 0 Å². The summed E-state index contributed by atoms with van der Waals surface area (Å²) in [6.07, 6.45) is 6.45. The van der Waals surface area contributed by atoms with Crippen molar-refractivity contribution in [1.29, 1.82) is 5.26 Å². The van der Waals surface area contributed by atoms with Crippen molar-refractivity contribution >= 4 is 21.4 Å². The quantitative estimate of drug-likeness (QED) is 0.795. The van der Waals surface area contributed by atoms with Crippen LogP contribution in [0.5, 0.6) is 0 Å². The lowest BCUT2D eigenvalue weighted by molar-refractivity contribution is 0.656. The molecule has 2 aliphatic carbocycles. The van der Waals surface area contributed by atoms with E-state index in [-0.39, 0.29) is 5.92 Å². The van der Waals surface area contributed by atoms with Gasteiger partial charge in [0.05, 0.1) is 10.3 Å². The number of nitriles is 1. The van der Waals surface area contributed by atoms with Crippen molar-refractivity contribution in [2.75, 3.05) is 0 Å². The monoisotopic (exact) mass is 361 g/mol. The summed E-state index contributed by atoms with van der Waals surface area (Å²) in [6, 6.07) is 8.43. The normalized spacial score (nSPS) is 23.3. The van der Waals surface area contributed by atoms with Crippen LogP contribution in [0, 0.1) is 23.2 Å². The van der Waals surface area contributed by atoms with Gasteiger partial charge >= 0.3 is 0 Å². The second kappa shape index (κ2) is 5.89. The van der Waals surface area contributed by atoms with Crippen LogP contribution in [-0.2, 0) is 0 Å². The number of rotatable bonds is 4. The lowest BCUT2D eigenvalue weighted by atomic mass is 9.79. The van der Waals surface area contributed by atoms with Gasteiger partial charge in [-0.05, 0) is 84.4 Å². The van der Waals surface area contributed by atoms with E-state index in [4.69, 9.17) is 5.73 Å². The summed E-state index contributed by atoms with van der Waals surface area (Å²) >= 11 is 1.69. The van der Waals surface area contributed by atoms with E-state index in [1.807, 2.05) is 12.1 Å². The van der Waals surface area contributed by atoms with Crippen LogP contribution in [0.15, 0.2) is 46.2 Å². The Morgan fingerprint density at radius 3 is 2.77 bits per heavy atom. The number of allylic oxidation sites excluding steroid dienone is 3. The molecule has 2 saturated carbocycles. The third kappa shape index (κ3) is 2.54. The molecule has 1 unspecified atom stereocenters. The van der Waals surface area contributed by atoms with Gasteiger partial charge in [0.2, 0.25) is 0 Å². The summed E-state index contributed by atoms with van der Waals surface area (Å²) < 4.78 is 1.11. The number of fused-ring (bicyclic) bond motifs is 1. The van der Waals surface area contributed by atoms with Crippen LogP contribution in [0.3, 0.4) is 0 Å². The molecule has 1 aromatic carbocycles. The first-order chi connectivity index (χ1) is 12.7. The average Bonchev–Trinajstić information content (AvgIpc) is 3.57. The van der Waals surface area contributed by atoms with Crippen LogP contribution in [-0.4, -0.2) is 0 Å². The highest BCUT2D eigenvalue weighted by Crippen LogP contribution is 2.51. The summed E-state index contributed by atoms with van der Waals surface area (Å²) in [5.74, 6) is 2.59. The predicted octanol–water partition coefficient (Wildman–Crippen LogP) is 5.11. The molecule has 26 heavy (non-hydrogen) atoms. The topological polar surface area (TPSA) is 61.8 Å². The molecule has 132 valence electrons.